The molecule has 2 aromatic rings. The van der Waals surface area contributed by atoms with Crippen molar-refractivity contribution in [3.63, 3.8) is 0 Å². The number of halogens is 5. The third kappa shape index (κ3) is 5.97. The van der Waals surface area contributed by atoms with Gasteiger partial charge in [-0.1, -0.05) is 0 Å². The van der Waals surface area contributed by atoms with Gasteiger partial charge in [0.2, 0.25) is 0 Å². The minimum absolute atomic E-state index is 0.122. The molecule has 0 aliphatic carbocycles. The summed E-state index contributed by atoms with van der Waals surface area (Å²) in [5, 5.41) is 16.8. The summed E-state index contributed by atoms with van der Waals surface area (Å²) in [6.07, 6.45) is 0.350. The summed E-state index contributed by atoms with van der Waals surface area (Å²) in [6.45, 7) is 6.16. The molecule has 1 saturated heterocycles. The van der Waals surface area contributed by atoms with Gasteiger partial charge in [-0.2, -0.15) is 23.5 Å². The molecule has 2 aliphatic rings. The Morgan fingerprint density at radius 1 is 1.25 bits per heavy atom. The summed E-state index contributed by atoms with van der Waals surface area (Å²) in [6, 6.07) is 0.948. The van der Waals surface area contributed by atoms with Crippen LogP contribution in [0.4, 0.5) is 27.6 Å². The number of nitrogens with one attached hydrogen (secondary N) is 2. The third-order valence-electron chi connectivity index (χ3n) is 5.65. The van der Waals surface area contributed by atoms with E-state index in [-0.39, 0.29) is 18.8 Å². The fourth-order valence-corrected chi connectivity index (χ4v) is 3.65. The number of anilines is 1. The van der Waals surface area contributed by atoms with Gasteiger partial charge in [0, 0.05) is 48.3 Å². The SMILES string of the molecule is CC1=NCC(C)=C1c1cn[nH]c1.C[C@H](NC(=O)c1cc(F)c(N2CC(=CC#N)C2)cc1F)C(F)(F)F. The van der Waals surface area contributed by atoms with E-state index in [9.17, 15) is 26.7 Å². The number of aliphatic imine (C=N–C) groups is 1. The number of hydrogen-bond acceptors (Lipinski definition) is 5. The lowest BCUT2D eigenvalue weighted by molar-refractivity contribution is -0.149. The quantitative estimate of drug-likeness (QED) is 0.469. The van der Waals surface area contributed by atoms with Crippen LogP contribution in [-0.2, 0) is 0 Å². The van der Waals surface area contributed by atoms with Gasteiger partial charge in [0.1, 0.15) is 17.7 Å². The molecule has 0 bridgehead atoms. The lowest BCUT2D eigenvalue weighted by atomic mass is 10.0. The first-order chi connectivity index (χ1) is 16.9. The van der Waals surface area contributed by atoms with Crippen molar-refractivity contribution in [1.29, 1.82) is 5.26 Å². The second-order valence-electron chi connectivity index (χ2n) is 8.35. The highest BCUT2D eigenvalue weighted by molar-refractivity contribution is 6.25. The average molecular weight is 506 g/mol. The smallest absolute Gasteiger partial charge is 0.361 e. The molecule has 1 fully saturated rings. The van der Waals surface area contributed by atoms with Gasteiger partial charge in [-0.05, 0) is 38.0 Å². The molecule has 0 spiro atoms. The molecule has 7 nitrogen and oxygen atoms in total. The largest absolute Gasteiger partial charge is 0.408 e. The highest BCUT2D eigenvalue weighted by atomic mass is 19.4. The van der Waals surface area contributed by atoms with E-state index in [0.717, 1.165) is 29.5 Å². The number of aromatic nitrogens is 2. The molecule has 2 aliphatic heterocycles. The first-order valence-electron chi connectivity index (χ1n) is 10.8. The van der Waals surface area contributed by atoms with Crippen LogP contribution in [0.25, 0.3) is 5.57 Å². The van der Waals surface area contributed by atoms with E-state index in [4.69, 9.17) is 5.26 Å². The number of allylic oxidation sites excluding steroid dienone is 2. The second-order valence-corrected chi connectivity index (χ2v) is 8.35. The van der Waals surface area contributed by atoms with Gasteiger partial charge in [0.25, 0.3) is 5.91 Å². The summed E-state index contributed by atoms with van der Waals surface area (Å²) in [4.78, 5) is 17.5. The molecule has 3 heterocycles. The monoisotopic (exact) mass is 506 g/mol. The van der Waals surface area contributed by atoms with E-state index in [1.807, 2.05) is 25.4 Å². The van der Waals surface area contributed by atoms with Crippen LogP contribution < -0.4 is 10.2 Å². The van der Waals surface area contributed by atoms with Gasteiger partial charge in [-0.25, -0.2) is 8.78 Å². The van der Waals surface area contributed by atoms with E-state index in [1.165, 1.54) is 22.1 Å². The van der Waals surface area contributed by atoms with Gasteiger partial charge in [0.05, 0.1) is 30.1 Å². The number of hydrogen-bond donors (Lipinski definition) is 2. The molecule has 1 amide bonds. The van der Waals surface area contributed by atoms with Crippen LogP contribution in [0.5, 0.6) is 0 Å². The summed E-state index contributed by atoms with van der Waals surface area (Å²) in [5.74, 6) is -3.41. The number of amides is 1. The Labute approximate surface area is 204 Å². The molecule has 1 aromatic heterocycles. The Morgan fingerprint density at radius 3 is 2.47 bits per heavy atom. The van der Waals surface area contributed by atoms with Crippen LogP contribution in [0.1, 0.15) is 36.7 Å². The molecule has 12 heteroatoms. The lowest BCUT2D eigenvalue weighted by Gasteiger charge is -2.35. The van der Waals surface area contributed by atoms with Crippen molar-refractivity contribution in [2.75, 3.05) is 24.5 Å². The van der Waals surface area contributed by atoms with E-state index >= 15 is 0 Å². The number of rotatable bonds is 4. The first kappa shape index (κ1) is 26.6. The fourth-order valence-electron chi connectivity index (χ4n) is 3.65. The Kier molecular flexibility index (Phi) is 7.92. The second kappa shape index (κ2) is 10.7. The van der Waals surface area contributed by atoms with Crippen molar-refractivity contribution < 1.29 is 26.7 Å². The third-order valence-corrected chi connectivity index (χ3v) is 5.65. The number of nitrogens with zero attached hydrogens (tertiary/aromatic N) is 4. The molecule has 1 atom stereocenters. The number of carbonyl (C=O) groups excluding carboxylic acids is 1. The summed E-state index contributed by atoms with van der Waals surface area (Å²) < 4.78 is 65.3. The zero-order valence-corrected chi connectivity index (χ0v) is 19.7. The molecule has 0 radical (unpaired) electrons. The van der Waals surface area contributed by atoms with Crippen molar-refractivity contribution in [2.24, 2.45) is 4.99 Å². The zero-order chi connectivity index (χ0) is 26.6. The average Bonchev–Trinajstić information content (AvgIpc) is 3.41. The predicted octanol–water partition coefficient (Wildman–Crippen LogP) is 4.57. The minimum atomic E-state index is -4.69. The van der Waals surface area contributed by atoms with E-state index < -0.39 is 35.3 Å². The Bertz CT molecular complexity index is 1260. The molecule has 190 valence electrons. The van der Waals surface area contributed by atoms with Crippen LogP contribution in [0.3, 0.4) is 0 Å². The fraction of sp³-hybridized carbons (Fsp3) is 0.333. The topological polar surface area (TPSA) is 97.2 Å². The number of aromatic amines is 1. The Balaban J connectivity index is 0.000000249. The maximum Gasteiger partial charge on any atom is 0.408 e. The highest BCUT2D eigenvalue weighted by Crippen LogP contribution is 2.29. The number of nitriles is 1. The van der Waals surface area contributed by atoms with Crippen molar-refractivity contribution in [3.05, 3.63) is 64.5 Å². The van der Waals surface area contributed by atoms with E-state index in [2.05, 4.69) is 22.1 Å². The zero-order valence-electron chi connectivity index (χ0n) is 19.7. The summed E-state index contributed by atoms with van der Waals surface area (Å²) in [5.41, 5.74) is 4.65. The molecular weight excluding hydrogens is 483 g/mol. The summed E-state index contributed by atoms with van der Waals surface area (Å²) in [7, 11) is 0. The van der Waals surface area contributed by atoms with E-state index in [0.29, 0.717) is 13.0 Å². The number of benzene rings is 1. The normalized spacial score (nSPS) is 15.9. The molecule has 0 unspecified atom stereocenters. The van der Waals surface area contributed by atoms with Crippen LogP contribution >= 0.6 is 0 Å². The van der Waals surface area contributed by atoms with Gasteiger partial charge in [-0.15, -0.1) is 0 Å². The molecule has 2 N–H and O–H groups in total. The number of alkyl halides is 3. The Hall–Kier alpha value is -4.01. The summed E-state index contributed by atoms with van der Waals surface area (Å²) >= 11 is 0. The lowest BCUT2D eigenvalue weighted by Crippen LogP contribution is -2.43. The maximum absolute atomic E-state index is 14.1. The molecule has 4 rings (SSSR count). The molecule has 36 heavy (non-hydrogen) atoms. The maximum atomic E-state index is 14.1. The van der Waals surface area contributed by atoms with Crippen LogP contribution in [0.2, 0.25) is 0 Å². The van der Waals surface area contributed by atoms with Crippen molar-refractivity contribution >= 4 is 22.9 Å². The Morgan fingerprint density at radius 2 is 1.94 bits per heavy atom. The van der Waals surface area contributed by atoms with Crippen molar-refractivity contribution in [3.8, 4) is 6.07 Å². The number of carbonyl (C=O) groups is 1. The minimum Gasteiger partial charge on any atom is -0.361 e. The van der Waals surface area contributed by atoms with Crippen LogP contribution in [0.15, 0.2) is 46.7 Å². The molecular formula is C24H23F5N6O. The van der Waals surface area contributed by atoms with Crippen LogP contribution in [0, 0.1) is 23.0 Å². The van der Waals surface area contributed by atoms with Gasteiger partial charge in [-0.3, -0.25) is 14.9 Å². The molecule has 0 saturated carbocycles. The van der Waals surface area contributed by atoms with Gasteiger partial charge >= 0.3 is 6.18 Å². The highest BCUT2D eigenvalue weighted by Gasteiger charge is 2.37. The number of H-pyrrole nitrogens is 1. The van der Waals surface area contributed by atoms with Gasteiger partial charge < -0.3 is 10.2 Å². The first-order valence-corrected chi connectivity index (χ1v) is 10.8. The predicted molar refractivity (Wildman–Crippen MR) is 124 cm³/mol. The van der Waals surface area contributed by atoms with Crippen LogP contribution in [-0.4, -0.2) is 53.7 Å². The molecule has 1 aromatic carbocycles. The van der Waals surface area contributed by atoms with E-state index in [1.54, 1.807) is 5.32 Å². The standard InChI is InChI=1S/C15H12F5N3O.C9H11N3/c1-8(15(18,19)20)22-14(24)10-4-12(17)13(5-11(10)16)23-6-9(7-23)2-3-21;1-6-3-10-7(2)9(6)8-4-11-12-5-8/h2,4-5,8H,6-7H2,1H3,(H,22,24);4-5H,3H2,1-2H3,(H,11,12)/t8-;/m0./s1. The van der Waals surface area contributed by atoms with Crippen molar-refractivity contribution in [1.82, 2.24) is 15.5 Å². The van der Waals surface area contributed by atoms with Gasteiger partial charge in [0.15, 0.2) is 0 Å². The van der Waals surface area contributed by atoms with Crippen molar-refractivity contribution in [2.45, 2.75) is 33.0 Å².